The zero-order valence-corrected chi connectivity index (χ0v) is 16.4. The highest BCUT2D eigenvalue weighted by Gasteiger charge is 1.96. The third kappa shape index (κ3) is 8.26. The van der Waals surface area contributed by atoms with Gasteiger partial charge in [-0.15, -0.1) is 35.1 Å². The van der Waals surface area contributed by atoms with E-state index in [4.69, 9.17) is 0 Å². The predicted molar refractivity (Wildman–Crippen MR) is 107 cm³/mol. The van der Waals surface area contributed by atoms with E-state index in [2.05, 4.69) is 35.9 Å². The molecule has 0 fully saturated rings. The first-order chi connectivity index (χ1) is 11.4. The molecular formula is C16H14BrClN4S2. The number of nitrogens with zero attached hydrogens (tertiary/aromatic N) is 4. The second kappa shape index (κ2) is 12.7. The van der Waals surface area contributed by atoms with Gasteiger partial charge in [-0.05, 0) is 24.3 Å². The van der Waals surface area contributed by atoms with E-state index in [1.807, 2.05) is 35.0 Å². The predicted octanol–water partition coefficient (Wildman–Crippen LogP) is 5.61. The minimum atomic E-state index is 0. The maximum absolute atomic E-state index is 4.18. The molecule has 4 rings (SSSR count). The van der Waals surface area contributed by atoms with Crippen molar-refractivity contribution in [3.05, 3.63) is 82.2 Å². The summed E-state index contributed by atoms with van der Waals surface area (Å²) in [6.45, 7) is 0. The van der Waals surface area contributed by atoms with Crippen molar-refractivity contribution in [3.63, 3.8) is 0 Å². The van der Waals surface area contributed by atoms with Crippen LogP contribution < -0.4 is 0 Å². The van der Waals surface area contributed by atoms with E-state index in [0.717, 1.165) is 15.0 Å². The first kappa shape index (κ1) is 20.4. The highest BCUT2D eigenvalue weighted by Crippen LogP contribution is 2.19. The summed E-state index contributed by atoms with van der Waals surface area (Å²) in [5, 5.41) is 4.95. The van der Waals surface area contributed by atoms with E-state index < -0.39 is 0 Å². The van der Waals surface area contributed by atoms with Crippen LogP contribution in [0.2, 0.25) is 0 Å². The number of hydrogen-bond donors (Lipinski definition) is 0. The fourth-order valence-electron chi connectivity index (χ4n) is 1.37. The van der Waals surface area contributed by atoms with E-state index in [0.29, 0.717) is 0 Å². The van der Waals surface area contributed by atoms with Gasteiger partial charge in [-0.2, -0.15) is 0 Å². The minimum absolute atomic E-state index is 0. The second-order valence-corrected chi connectivity index (χ2v) is 6.48. The van der Waals surface area contributed by atoms with Crippen LogP contribution in [0.3, 0.4) is 0 Å². The first-order valence-corrected chi connectivity index (χ1v) is 9.15. The van der Waals surface area contributed by atoms with Gasteiger partial charge in [0.05, 0.1) is 5.51 Å². The van der Waals surface area contributed by atoms with Crippen molar-refractivity contribution in [2.75, 3.05) is 0 Å². The fraction of sp³-hybridized carbons (Fsp3) is 0. The highest BCUT2D eigenvalue weighted by molar-refractivity contribution is 9.10. The van der Waals surface area contributed by atoms with Crippen molar-refractivity contribution in [1.29, 1.82) is 0 Å². The van der Waals surface area contributed by atoms with Gasteiger partial charge in [0.25, 0.3) is 0 Å². The van der Waals surface area contributed by atoms with E-state index in [-0.39, 0.29) is 12.4 Å². The summed E-state index contributed by atoms with van der Waals surface area (Å²) in [7, 11) is 0. The molecule has 0 aliphatic rings. The van der Waals surface area contributed by atoms with E-state index in [9.17, 15) is 0 Å². The number of pyridine rings is 2. The molecule has 4 nitrogen and oxygen atoms in total. The molecule has 0 aliphatic heterocycles. The summed E-state index contributed by atoms with van der Waals surface area (Å²) in [5.41, 5.74) is 2.93. The van der Waals surface area contributed by atoms with E-state index in [1.165, 1.54) is 0 Å². The van der Waals surface area contributed by atoms with Gasteiger partial charge >= 0.3 is 0 Å². The smallest absolute Gasteiger partial charge is 0.123 e. The Kier molecular flexibility index (Phi) is 10.8. The maximum Gasteiger partial charge on any atom is 0.123 e. The van der Waals surface area contributed by atoms with Crippen LogP contribution in [-0.2, 0) is 0 Å². The Morgan fingerprint density at radius 2 is 1.42 bits per heavy atom. The quantitative estimate of drug-likeness (QED) is 0.385. The molecule has 0 aromatic carbocycles. The Hall–Kier alpha value is -1.67. The topological polar surface area (TPSA) is 51.6 Å². The van der Waals surface area contributed by atoms with E-state index in [1.54, 1.807) is 65.4 Å². The van der Waals surface area contributed by atoms with Crippen molar-refractivity contribution >= 4 is 51.0 Å². The molecule has 24 heavy (non-hydrogen) atoms. The number of aromatic nitrogens is 4. The lowest BCUT2D eigenvalue weighted by atomic mass is 10.3. The third-order valence-corrected chi connectivity index (χ3v) is 4.22. The van der Waals surface area contributed by atoms with Crippen LogP contribution in [0.1, 0.15) is 0 Å². The summed E-state index contributed by atoms with van der Waals surface area (Å²) in [6.07, 6.45) is 10.6. The maximum atomic E-state index is 4.18. The molecule has 4 aromatic heterocycles. The molecule has 4 heterocycles. The summed E-state index contributed by atoms with van der Waals surface area (Å²) >= 11 is 6.51. The Balaban J connectivity index is 0.000000192. The van der Waals surface area contributed by atoms with Crippen molar-refractivity contribution in [2.45, 2.75) is 0 Å². The zero-order chi connectivity index (χ0) is 16.2. The van der Waals surface area contributed by atoms with Crippen molar-refractivity contribution in [1.82, 2.24) is 19.9 Å². The molecule has 0 spiro atoms. The number of hydrogen-bond acceptors (Lipinski definition) is 6. The first-order valence-electron chi connectivity index (χ1n) is 6.54. The normalized spacial score (nSPS) is 8.71. The lowest BCUT2D eigenvalue weighted by Crippen LogP contribution is -1.74. The van der Waals surface area contributed by atoms with E-state index >= 15 is 0 Å². The Bertz CT molecular complexity index is 721. The number of rotatable bonds is 1. The Labute approximate surface area is 163 Å². The minimum Gasteiger partial charge on any atom is -0.265 e. The van der Waals surface area contributed by atoms with Crippen LogP contribution in [0.25, 0.3) is 10.6 Å². The van der Waals surface area contributed by atoms with Gasteiger partial charge in [-0.25, -0.2) is 4.98 Å². The molecular weight excluding hydrogens is 428 g/mol. The SMILES string of the molecule is Brc1ccncc1.Cl.c1cc(-c2nccs2)ccn1.c1cscn1. The molecule has 124 valence electrons. The average Bonchev–Trinajstić information content (AvgIpc) is 3.33. The van der Waals surface area contributed by atoms with Gasteiger partial charge in [0.15, 0.2) is 0 Å². The molecule has 0 bridgehead atoms. The summed E-state index contributed by atoms with van der Waals surface area (Å²) in [6, 6.07) is 7.69. The standard InChI is InChI=1S/C8H6N2S.C5H4BrN.C3H3NS.ClH/c1-3-9-4-2-7(1)8-10-5-6-11-8;6-5-1-3-7-4-2-5;1-2-5-3-4-1;/h1-6H;1-4H;1-3H;1H. The van der Waals surface area contributed by atoms with Gasteiger partial charge in [0.1, 0.15) is 5.01 Å². The van der Waals surface area contributed by atoms with Gasteiger partial charge in [0, 0.05) is 58.0 Å². The van der Waals surface area contributed by atoms with Crippen LogP contribution in [0, 0.1) is 0 Å². The summed E-state index contributed by atoms with van der Waals surface area (Å²) in [5.74, 6) is 0. The molecule has 0 saturated heterocycles. The van der Waals surface area contributed by atoms with Crippen LogP contribution in [0.5, 0.6) is 0 Å². The Morgan fingerprint density at radius 1 is 0.750 bits per heavy atom. The van der Waals surface area contributed by atoms with Crippen molar-refractivity contribution < 1.29 is 0 Å². The molecule has 0 amide bonds. The average molecular weight is 442 g/mol. The molecule has 0 aliphatic carbocycles. The molecule has 0 atom stereocenters. The molecule has 0 saturated carbocycles. The molecule has 4 aromatic rings. The number of thiazole rings is 2. The fourth-order valence-corrected chi connectivity index (χ4v) is 2.60. The van der Waals surface area contributed by atoms with Crippen LogP contribution in [0.4, 0.5) is 0 Å². The zero-order valence-electron chi connectivity index (χ0n) is 12.4. The molecule has 8 heteroatoms. The lowest BCUT2D eigenvalue weighted by Gasteiger charge is -1.91. The number of halogens is 2. The third-order valence-electron chi connectivity index (χ3n) is 2.35. The van der Waals surface area contributed by atoms with Crippen molar-refractivity contribution in [3.8, 4) is 10.6 Å². The highest BCUT2D eigenvalue weighted by atomic mass is 79.9. The van der Waals surface area contributed by atoms with Crippen LogP contribution in [0.15, 0.2) is 82.2 Å². The van der Waals surface area contributed by atoms with Crippen LogP contribution >= 0.6 is 51.0 Å². The van der Waals surface area contributed by atoms with Gasteiger partial charge in [-0.1, -0.05) is 15.9 Å². The Morgan fingerprint density at radius 3 is 1.79 bits per heavy atom. The van der Waals surface area contributed by atoms with Crippen LogP contribution in [-0.4, -0.2) is 19.9 Å². The van der Waals surface area contributed by atoms with Gasteiger partial charge < -0.3 is 0 Å². The summed E-state index contributed by atoms with van der Waals surface area (Å²) in [4.78, 5) is 15.7. The van der Waals surface area contributed by atoms with Gasteiger partial charge in [-0.3, -0.25) is 15.0 Å². The molecule has 0 N–H and O–H groups in total. The van der Waals surface area contributed by atoms with Crippen molar-refractivity contribution in [2.24, 2.45) is 0 Å². The summed E-state index contributed by atoms with van der Waals surface area (Å²) < 4.78 is 1.07. The largest absolute Gasteiger partial charge is 0.265 e. The van der Waals surface area contributed by atoms with Gasteiger partial charge in [0.2, 0.25) is 0 Å². The monoisotopic (exact) mass is 440 g/mol. The second-order valence-electron chi connectivity index (χ2n) is 3.91. The molecule has 0 unspecified atom stereocenters. The lowest BCUT2D eigenvalue weighted by molar-refractivity contribution is 1.32. The molecule has 0 radical (unpaired) electrons.